The summed E-state index contributed by atoms with van der Waals surface area (Å²) in [6, 6.07) is 8.86. The molecule has 3 heteroatoms. The molecule has 0 radical (unpaired) electrons. The molecule has 0 unspecified atom stereocenters. The van der Waals surface area contributed by atoms with E-state index in [1.165, 1.54) is 18.7 Å². The molecule has 2 rings (SSSR count). The Kier molecular flexibility index (Phi) is 3.60. The van der Waals surface area contributed by atoms with Crippen molar-refractivity contribution in [3.8, 4) is 17.0 Å². The SMILES string of the molecule is COc1ccc(-c2cc(C(C)C)ccn2)cc1F. The van der Waals surface area contributed by atoms with E-state index in [-0.39, 0.29) is 11.6 Å². The van der Waals surface area contributed by atoms with Crippen LogP contribution in [0.4, 0.5) is 4.39 Å². The number of methoxy groups -OCH3 is 1. The fourth-order valence-electron chi connectivity index (χ4n) is 1.79. The lowest BCUT2D eigenvalue weighted by molar-refractivity contribution is 0.386. The summed E-state index contributed by atoms with van der Waals surface area (Å²) < 4.78 is 18.5. The minimum atomic E-state index is -0.369. The summed E-state index contributed by atoms with van der Waals surface area (Å²) in [6.07, 6.45) is 1.76. The summed E-state index contributed by atoms with van der Waals surface area (Å²) in [7, 11) is 1.45. The molecule has 1 heterocycles. The molecule has 0 spiro atoms. The summed E-state index contributed by atoms with van der Waals surface area (Å²) in [6.45, 7) is 4.24. The number of hydrogen-bond donors (Lipinski definition) is 0. The number of aromatic nitrogens is 1. The zero-order chi connectivity index (χ0) is 13.1. The topological polar surface area (TPSA) is 22.1 Å². The Morgan fingerprint density at radius 2 is 1.94 bits per heavy atom. The van der Waals surface area contributed by atoms with Crippen molar-refractivity contribution in [1.29, 1.82) is 0 Å². The summed E-state index contributed by atoms with van der Waals surface area (Å²) in [5.74, 6) is 0.306. The van der Waals surface area contributed by atoms with Crippen molar-refractivity contribution in [2.75, 3.05) is 7.11 Å². The van der Waals surface area contributed by atoms with E-state index in [1.54, 1.807) is 12.3 Å². The van der Waals surface area contributed by atoms with Crippen LogP contribution in [-0.4, -0.2) is 12.1 Å². The number of ether oxygens (including phenoxy) is 1. The van der Waals surface area contributed by atoms with Gasteiger partial charge in [0, 0.05) is 11.8 Å². The number of halogens is 1. The van der Waals surface area contributed by atoms with Gasteiger partial charge in [-0.15, -0.1) is 0 Å². The van der Waals surface area contributed by atoms with Crippen molar-refractivity contribution in [3.05, 3.63) is 47.9 Å². The van der Waals surface area contributed by atoms with Gasteiger partial charge in [0.2, 0.25) is 0 Å². The number of hydrogen-bond acceptors (Lipinski definition) is 2. The fraction of sp³-hybridized carbons (Fsp3) is 0.267. The van der Waals surface area contributed by atoms with E-state index >= 15 is 0 Å². The normalized spacial score (nSPS) is 10.7. The number of rotatable bonds is 3. The van der Waals surface area contributed by atoms with E-state index in [4.69, 9.17) is 4.74 Å². The first-order chi connectivity index (χ1) is 8.61. The van der Waals surface area contributed by atoms with Crippen LogP contribution >= 0.6 is 0 Å². The van der Waals surface area contributed by atoms with Gasteiger partial charge in [0.05, 0.1) is 12.8 Å². The highest BCUT2D eigenvalue weighted by atomic mass is 19.1. The van der Waals surface area contributed by atoms with E-state index in [1.807, 2.05) is 18.2 Å². The van der Waals surface area contributed by atoms with Gasteiger partial charge in [0.1, 0.15) is 0 Å². The first-order valence-electron chi connectivity index (χ1n) is 5.91. The monoisotopic (exact) mass is 245 g/mol. The molecule has 0 saturated carbocycles. The molecular formula is C15H16FNO. The maximum Gasteiger partial charge on any atom is 0.165 e. The predicted molar refractivity (Wildman–Crippen MR) is 70.3 cm³/mol. The zero-order valence-electron chi connectivity index (χ0n) is 10.8. The van der Waals surface area contributed by atoms with Gasteiger partial charge in [-0.05, 0) is 41.8 Å². The largest absolute Gasteiger partial charge is 0.494 e. The van der Waals surface area contributed by atoms with Crippen molar-refractivity contribution in [2.45, 2.75) is 19.8 Å². The van der Waals surface area contributed by atoms with Gasteiger partial charge in [-0.25, -0.2) is 4.39 Å². The van der Waals surface area contributed by atoms with Crippen LogP contribution in [-0.2, 0) is 0 Å². The molecule has 0 amide bonds. The molecule has 2 aromatic rings. The van der Waals surface area contributed by atoms with Crippen LogP contribution in [0, 0.1) is 5.82 Å². The van der Waals surface area contributed by atoms with Crippen LogP contribution in [0.3, 0.4) is 0 Å². The van der Waals surface area contributed by atoms with Crippen molar-refractivity contribution in [3.63, 3.8) is 0 Å². The maximum atomic E-state index is 13.6. The molecule has 0 N–H and O–H groups in total. The van der Waals surface area contributed by atoms with Gasteiger partial charge in [-0.1, -0.05) is 13.8 Å². The number of pyridine rings is 1. The maximum absolute atomic E-state index is 13.6. The molecule has 0 fully saturated rings. The fourth-order valence-corrected chi connectivity index (χ4v) is 1.79. The summed E-state index contributed by atoms with van der Waals surface area (Å²) >= 11 is 0. The summed E-state index contributed by atoms with van der Waals surface area (Å²) in [5, 5.41) is 0. The van der Waals surface area contributed by atoms with Crippen LogP contribution in [0.2, 0.25) is 0 Å². The Bertz CT molecular complexity index is 552. The van der Waals surface area contributed by atoms with Crippen molar-refractivity contribution >= 4 is 0 Å². The number of benzene rings is 1. The second kappa shape index (κ2) is 5.17. The molecule has 0 aliphatic heterocycles. The highest BCUT2D eigenvalue weighted by molar-refractivity contribution is 5.61. The Morgan fingerprint density at radius 3 is 2.56 bits per heavy atom. The predicted octanol–water partition coefficient (Wildman–Crippen LogP) is 4.02. The molecule has 1 aromatic heterocycles. The van der Waals surface area contributed by atoms with E-state index < -0.39 is 0 Å². The first-order valence-corrected chi connectivity index (χ1v) is 5.91. The van der Waals surface area contributed by atoms with Crippen LogP contribution in [0.15, 0.2) is 36.5 Å². The third kappa shape index (κ3) is 2.50. The van der Waals surface area contributed by atoms with Crippen molar-refractivity contribution < 1.29 is 9.13 Å². The molecule has 18 heavy (non-hydrogen) atoms. The van der Waals surface area contributed by atoms with Crippen LogP contribution in [0.5, 0.6) is 5.75 Å². The first kappa shape index (κ1) is 12.6. The van der Waals surface area contributed by atoms with E-state index in [9.17, 15) is 4.39 Å². The Labute approximate surface area is 106 Å². The molecular weight excluding hydrogens is 229 g/mol. The summed E-state index contributed by atoms with van der Waals surface area (Å²) in [4.78, 5) is 4.28. The van der Waals surface area contributed by atoms with Crippen LogP contribution < -0.4 is 4.74 Å². The molecule has 0 aliphatic carbocycles. The second-order valence-corrected chi connectivity index (χ2v) is 4.48. The van der Waals surface area contributed by atoms with E-state index in [0.717, 1.165) is 11.3 Å². The Morgan fingerprint density at radius 1 is 1.17 bits per heavy atom. The number of nitrogens with zero attached hydrogens (tertiary/aromatic N) is 1. The highest BCUT2D eigenvalue weighted by Crippen LogP contribution is 2.26. The van der Waals surface area contributed by atoms with Gasteiger partial charge in [0.15, 0.2) is 11.6 Å². The average Bonchev–Trinajstić information content (AvgIpc) is 2.38. The molecule has 0 saturated heterocycles. The van der Waals surface area contributed by atoms with Gasteiger partial charge in [-0.3, -0.25) is 4.98 Å². The molecule has 94 valence electrons. The minimum Gasteiger partial charge on any atom is -0.494 e. The highest BCUT2D eigenvalue weighted by Gasteiger charge is 2.07. The minimum absolute atomic E-state index is 0.249. The molecule has 2 nitrogen and oxygen atoms in total. The van der Waals surface area contributed by atoms with Crippen LogP contribution in [0.1, 0.15) is 25.3 Å². The lowest BCUT2D eigenvalue weighted by Gasteiger charge is -2.08. The molecule has 0 atom stereocenters. The average molecular weight is 245 g/mol. The van der Waals surface area contributed by atoms with Gasteiger partial charge in [0.25, 0.3) is 0 Å². The van der Waals surface area contributed by atoms with E-state index in [0.29, 0.717) is 5.92 Å². The Balaban J connectivity index is 2.42. The molecule has 0 aliphatic rings. The van der Waals surface area contributed by atoms with Gasteiger partial charge >= 0.3 is 0 Å². The third-order valence-electron chi connectivity index (χ3n) is 2.90. The molecule has 0 bridgehead atoms. The van der Waals surface area contributed by atoms with Gasteiger partial charge < -0.3 is 4.74 Å². The zero-order valence-corrected chi connectivity index (χ0v) is 10.8. The quantitative estimate of drug-likeness (QED) is 0.814. The molecule has 1 aromatic carbocycles. The Hall–Kier alpha value is -1.90. The van der Waals surface area contributed by atoms with Crippen LogP contribution in [0.25, 0.3) is 11.3 Å². The standard InChI is InChI=1S/C15H16FNO/c1-10(2)11-6-7-17-14(9-11)12-4-5-15(18-3)13(16)8-12/h4-10H,1-3H3. The second-order valence-electron chi connectivity index (χ2n) is 4.48. The lowest BCUT2D eigenvalue weighted by atomic mass is 10.0. The van der Waals surface area contributed by atoms with Gasteiger partial charge in [-0.2, -0.15) is 0 Å². The smallest absolute Gasteiger partial charge is 0.165 e. The van der Waals surface area contributed by atoms with E-state index in [2.05, 4.69) is 18.8 Å². The third-order valence-corrected chi connectivity index (χ3v) is 2.90. The lowest BCUT2D eigenvalue weighted by Crippen LogP contribution is -1.92. The van der Waals surface area contributed by atoms with Crippen molar-refractivity contribution in [1.82, 2.24) is 4.98 Å². The van der Waals surface area contributed by atoms with Crippen molar-refractivity contribution in [2.24, 2.45) is 0 Å². The summed E-state index contributed by atoms with van der Waals surface area (Å²) in [5.41, 5.74) is 2.73.